The lowest BCUT2D eigenvalue weighted by molar-refractivity contribution is -0.250. The van der Waals surface area contributed by atoms with Crippen molar-refractivity contribution in [2.24, 2.45) is 62.1 Å². The molecule has 0 radical (unpaired) electrons. The molecule has 0 unspecified atom stereocenters. The molecule has 6 nitrogen and oxygen atoms in total. The van der Waals surface area contributed by atoms with Crippen molar-refractivity contribution in [2.75, 3.05) is 0 Å². The minimum Gasteiger partial charge on any atom is -0.481 e. The lowest BCUT2D eigenvalue weighted by Crippen LogP contribution is -2.67. The maximum absolute atomic E-state index is 13.8. The second kappa shape index (κ2) is 14.0. The number of halogens is 1. The van der Waals surface area contributed by atoms with E-state index in [1.165, 1.54) is 24.8 Å². The quantitative estimate of drug-likeness (QED) is 0.183. The van der Waals surface area contributed by atoms with Gasteiger partial charge in [-0.1, -0.05) is 84.4 Å². The number of ether oxygens (including phenoxy) is 1. The normalized spacial score (nSPS) is 38.8. The minimum absolute atomic E-state index is 0.00219. The van der Waals surface area contributed by atoms with Gasteiger partial charge in [-0.25, -0.2) is 0 Å². The standard InChI is InChI=1S/C46H68ClNO5/c1-28(2)31-15-20-46(24-37(49)48-27-30-12-11-29(3)23-33(30)47)22-21-44(9)32(40(31)46)13-14-35-43(8)18-17-36(42(6,7)34(43)16-19-45(35,44)10)53-39(52)26-41(4,5)25-38(50)51/h11-12,23,31-32,34-36,40H,1,13-22,24-27H2,2-10H3,(H,48,49)(H,50,51)/t31-,32+,34-,35+,36-,40+,43-,44+,45+,46+/m0/s1. The van der Waals surface area contributed by atoms with E-state index in [0.717, 1.165) is 56.1 Å². The number of esters is 1. The molecule has 5 saturated carbocycles. The molecule has 0 bridgehead atoms. The van der Waals surface area contributed by atoms with Crippen molar-refractivity contribution in [3.8, 4) is 0 Å². The van der Waals surface area contributed by atoms with Gasteiger partial charge in [-0.05, 0) is 152 Å². The maximum Gasteiger partial charge on any atom is 0.306 e. The Bertz CT molecular complexity index is 1630. The Labute approximate surface area is 325 Å². The van der Waals surface area contributed by atoms with Gasteiger partial charge in [-0.2, -0.15) is 0 Å². The number of carboxylic acid groups (broad SMARTS) is 1. The molecule has 53 heavy (non-hydrogen) atoms. The van der Waals surface area contributed by atoms with Gasteiger partial charge in [0.1, 0.15) is 6.10 Å². The fourth-order valence-corrected chi connectivity index (χ4v) is 14.5. The van der Waals surface area contributed by atoms with Gasteiger partial charge in [0.2, 0.25) is 5.91 Å². The van der Waals surface area contributed by atoms with Gasteiger partial charge < -0.3 is 15.2 Å². The van der Waals surface area contributed by atoms with Gasteiger partial charge in [0.25, 0.3) is 0 Å². The lowest BCUT2D eigenvalue weighted by Gasteiger charge is -2.73. The fraction of sp³-hybridized carbons (Fsp3) is 0.761. The molecule has 5 aliphatic carbocycles. The predicted molar refractivity (Wildman–Crippen MR) is 212 cm³/mol. The summed E-state index contributed by atoms with van der Waals surface area (Å²) in [6.45, 7) is 25.5. The minimum atomic E-state index is -0.887. The zero-order valence-corrected chi connectivity index (χ0v) is 35.0. The van der Waals surface area contributed by atoms with Gasteiger partial charge in [0.15, 0.2) is 0 Å². The highest BCUT2D eigenvalue weighted by molar-refractivity contribution is 6.31. The zero-order valence-electron chi connectivity index (χ0n) is 34.3. The van der Waals surface area contributed by atoms with Crippen molar-refractivity contribution in [3.63, 3.8) is 0 Å². The highest BCUT2D eigenvalue weighted by Gasteiger charge is 2.71. The third kappa shape index (κ3) is 6.92. The Balaban J connectivity index is 1.21. The second-order valence-electron chi connectivity index (χ2n) is 20.8. The number of rotatable bonds is 10. The van der Waals surface area contributed by atoms with Gasteiger partial charge >= 0.3 is 11.9 Å². The summed E-state index contributed by atoms with van der Waals surface area (Å²) in [4.78, 5) is 38.5. The Hall–Kier alpha value is -2.34. The Morgan fingerprint density at radius 1 is 0.925 bits per heavy atom. The van der Waals surface area contributed by atoms with E-state index in [-0.39, 0.29) is 57.9 Å². The number of nitrogens with one attached hydrogen (secondary N) is 1. The Morgan fingerprint density at radius 2 is 1.64 bits per heavy atom. The second-order valence-corrected chi connectivity index (χ2v) is 21.3. The average molecular weight is 751 g/mol. The van der Waals surface area contributed by atoms with Crippen LogP contribution in [-0.2, 0) is 25.7 Å². The van der Waals surface area contributed by atoms with E-state index in [9.17, 15) is 19.5 Å². The van der Waals surface area contributed by atoms with Crippen LogP contribution in [0.5, 0.6) is 0 Å². The van der Waals surface area contributed by atoms with Crippen LogP contribution in [0.3, 0.4) is 0 Å². The van der Waals surface area contributed by atoms with Crippen LogP contribution in [0.25, 0.3) is 0 Å². The molecule has 7 heteroatoms. The van der Waals surface area contributed by atoms with Gasteiger partial charge in [0, 0.05) is 23.4 Å². The van der Waals surface area contributed by atoms with E-state index in [2.05, 4.69) is 59.5 Å². The van der Waals surface area contributed by atoms with Crippen LogP contribution in [0.2, 0.25) is 5.02 Å². The van der Waals surface area contributed by atoms with E-state index in [0.29, 0.717) is 47.6 Å². The van der Waals surface area contributed by atoms with Gasteiger partial charge in [-0.15, -0.1) is 0 Å². The Morgan fingerprint density at radius 3 is 2.30 bits per heavy atom. The van der Waals surface area contributed by atoms with Crippen molar-refractivity contribution < 1.29 is 24.2 Å². The molecule has 0 aromatic heterocycles. The Kier molecular flexibility index (Phi) is 10.6. The van der Waals surface area contributed by atoms with Crippen molar-refractivity contribution in [1.82, 2.24) is 5.32 Å². The summed E-state index contributed by atoms with van der Waals surface area (Å²) in [5.74, 6) is 1.49. The summed E-state index contributed by atoms with van der Waals surface area (Å²) in [6, 6.07) is 6.05. The summed E-state index contributed by atoms with van der Waals surface area (Å²) >= 11 is 6.54. The summed E-state index contributed by atoms with van der Waals surface area (Å²) in [7, 11) is 0. The van der Waals surface area contributed by atoms with Crippen molar-refractivity contribution >= 4 is 29.4 Å². The highest BCUT2D eigenvalue weighted by Crippen LogP contribution is 2.78. The van der Waals surface area contributed by atoms with Crippen LogP contribution in [0.1, 0.15) is 150 Å². The van der Waals surface area contributed by atoms with Crippen molar-refractivity contribution in [2.45, 2.75) is 158 Å². The number of aryl methyl sites for hydroxylation is 1. The predicted octanol–water partition coefficient (Wildman–Crippen LogP) is 11.1. The number of amides is 1. The summed E-state index contributed by atoms with van der Waals surface area (Å²) in [5, 5.41) is 13.3. The maximum atomic E-state index is 13.8. The monoisotopic (exact) mass is 749 g/mol. The SMILES string of the molecule is C=C(C)[C@@H]1CC[C@]2(CC(=O)NCc3ccc(C)cc3Cl)CC[C@]3(C)[C@H](CC[C@@H]4[C@@]5(C)CC[C@H](OC(=O)CC(C)(C)CC(=O)O)C(C)(C)[C@@H]5CC[C@]43C)[C@@H]12. The molecule has 0 heterocycles. The molecular formula is C46H68ClNO5. The fourth-order valence-electron chi connectivity index (χ4n) is 14.2. The number of hydrogen-bond acceptors (Lipinski definition) is 4. The molecule has 5 aliphatic rings. The van der Waals surface area contributed by atoms with E-state index >= 15 is 0 Å². The zero-order chi connectivity index (χ0) is 38.9. The summed E-state index contributed by atoms with van der Waals surface area (Å²) in [5.41, 5.74) is 3.06. The number of hydrogen-bond donors (Lipinski definition) is 2. The van der Waals surface area contributed by atoms with E-state index in [1.54, 1.807) is 0 Å². The average Bonchev–Trinajstić information content (AvgIpc) is 3.41. The number of aliphatic carboxylic acids is 1. The lowest BCUT2D eigenvalue weighted by atomic mass is 9.32. The van der Waals surface area contributed by atoms with Crippen LogP contribution in [-0.4, -0.2) is 29.1 Å². The molecule has 10 atom stereocenters. The molecule has 0 saturated heterocycles. The number of allylic oxidation sites excluding steroid dienone is 1. The van der Waals surface area contributed by atoms with Crippen molar-refractivity contribution in [1.29, 1.82) is 0 Å². The number of benzene rings is 1. The van der Waals surface area contributed by atoms with Gasteiger partial charge in [0.05, 0.1) is 12.8 Å². The third-order valence-electron chi connectivity index (χ3n) is 16.9. The topological polar surface area (TPSA) is 92.7 Å². The molecule has 0 aliphatic heterocycles. The van der Waals surface area contributed by atoms with Gasteiger partial charge in [-0.3, -0.25) is 14.4 Å². The van der Waals surface area contributed by atoms with Crippen LogP contribution in [0.15, 0.2) is 30.4 Å². The molecule has 294 valence electrons. The first kappa shape index (κ1) is 40.3. The molecular weight excluding hydrogens is 682 g/mol. The van der Waals surface area contributed by atoms with Crippen molar-refractivity contribution in [3.05, 3.63) is 46.5 Å². The van der Waals surface area contributed by atoms with E-state index in [4.69, 9.17) is 16.3 Å². The molecule has 0 spiro atoms. The molecule has 1 aromatic rings. The molecule has 2 N–H and O–H groups in total. The number of carbonyl (C=O) groups excluding carboxylic acids is 2. The van der Waals surface area contributed by atoms with Crippen LogP contribution in [0, 0.1) is 69.0 Å². The third-order valence-corrected chi connectivity index (χ3v) is 17.3. The summed E-state index contributed by atoms with van der Waals surface area (Å²) < 4.78 is 6.28. The van der Waals surface area contributed by atoms with E-state index in [1.807, 2.05) is 32.9 Å². The molecule has 6 rings (SSSR count). The van der Waals surface area contributed by atoms with Crippen LogP contribution >= 0.6 is 11.6 Å². The highest BCUT2D eigenvalue weighted by atomic mass is 35.5. The molecule has 1 aromatic carbocycles. The van der Waals surface area contributed by atoms with Crippen LogP contribution < -0.4 is 5.32 Å². The molecule has 1 amide bonds. The number of carbonyl (C=O) groups is 3. The first-order valence-corrected chi connectivity index (χ1v) is 21.0. The van der Waals surface area contributed by atoms with E-state index < -0.39 is 11.4 Å². The van der Waals surface area contributed by atoms with Crippen LogP contribution in [0.4, 0.5) is 0 Å². The first-order valence-electron chi connectivity index (χ1n) is 20.7. The largest absolute Gasteiger partial charge is 0.481 e. The molecule has 5 fully saturated rings. The smallest absolute Gasteiger partial charge is 0.306 e. The summed E-state index contributed by atoms with van der Waals surface area (Å²) in [6.07, 6.45) is 11.6. The number of fused-ring (bicyclic) bond motifs is 7. The first-order chi connectivity index (χ1) is 24.6. The number of carboxylic acids is 1.